The maximum absolute atomic E-state index is 4.22. The van der Waals surface area contributed by atoms with Crippen LogP contribution in [0.1, 0.15) is 25.6 Å². The molecule has 0 amide bonds. The van der Waals surface area contributed by atoms with Gasteiger partial charge in [-0.15, -0.1) is 12.4 Å². The van der Waals surface area contributed by atoms with Crippen LogP contribution in [0.5, 0.6) is 0 Å². The van der Waals surface area contributed by atoms with Gasteiger partial charge >= 0.3 is 0 Å². The van der Waals surface area contributed by atoms with Crippen LogP contribution < -0.4 is 0 Å². The lowest BCUT2D eigenvalue weighted by Crippen LogP contribution is -2.26. The quantitative estimate of drug-likeness (QED) is 0.792. The number of nitrogens with one attached hydrogen (secondary N) is 1. The number of aromatic nitrogens is 2. The van der Waals surface area contributed by atoms with E-state index in [4.69, 9.17) is 0 Å². The normalized spacial score (nSPS) is 23.0. The number of hydrogen-bond donors (Lipinski definition) is 1. The SMILES string of the molecule is CC1CCCN1Cc1ncc[nH]1.Cl. The highest BCUT2D eigenvalue weighted by molar-refractivity contribution is 5.85. The molecule has 1 unspecified atom stereocenters. The first-order valence-corrected chi connectivity index (χ1v) is 4.58. The maximum Gasteiger partial charge on any atom is 0.120 e. The van der Waals surface area contributed by atoms with Gasteiger partial charge in [0.25, 0.3) is 0 Å². The third-order valence-corrected chi connectivity index (χ3v) is 2.60. The van der Waals surface area contributed by atoms with Crippen LogP contribution in [0, 0.1) is 0 Å². The first-order valence-electron chi connectivity index (χ1n) is 4.58. The monoisotopic (exact) mass is 201 g/mol. The molecule has 0 saturated carbocycles. The van der Waals surface area contributed by atoms with E-state index in [1.807, 2.05) is 12.4 Å². The second-order valence-corrected chi connectivity index (χ2v) is 3.50. The second-order valence-electron chi connectivity index (χ2n) is 3.50. The molecule has 1 aromatic rings. The number of rotatable bonds is 2. The van der Waals surface area contributed by atoms with E-state index >= 15 is 0 Å². The van der Waals surface area contributed by atoms with E-state index in [0.717, 1.165) is 18.4 Å². The molecule has 1 saturated heterocycles. The molecule has 0 bridgehead atoms. The lowest BCUT2D eigenvalue weighted by atomic mass is 10.2. The molecule has 74 valence electrons. The fourth-order valence-corrected chi connectivity index (χ4v) is 1.80. The van der Waals surface area contributed by atoms with Crippen LogP contribution >= 0.6 is 12.4 Å². The lowest BCUT2D eigenvalue weighted by molar-refractivity contribution is 0.254. The van der Waals surface area contributed by atoms with Gasteiger partial charge in [0.2, 0.25) is 0 Å². The molecule has 1 fully saturated rings. The number of H-pyrrole nitrogens is 1. The van der Waals surface area contributed by atoms with Gasteiger partial charge in [0, 0.05) is 18.4 Å². The van der Waals surface area contributed by atoms with E-state index < -0.39 is 0 Å². The number of likely N-dealkylation sites (tertiary alicyclic amines) is 1. The van der Waals surface area contributed by atoms with Crippen molar-refractivity contribution in [1.29, 1.82) is 0 Å². The summed E-state index contributed by atoms with van der Waals surface area (Å²) in [4.78, 5) is 9.82. The highest BCUT2D eigenvalue weighted by atomic mass is 35.5. The summed E-state index contributed by atoms with van der Waals surface area (Å²) < 4.78 is 0. The van der Waals surface area contributed by atoms with E-state index in [1.54, 1.807) is 0 Å². The Morgan fingerprint density at radius 1 is 1.69 bits per heavy atom. The molecule has 0 radical (unpaired) electrons. The fourth-order valence-electron chi connectivity index (χ4n) is 1.80. The third-order valence-electron chi connectivity index (χ3n) is 2.60. The predicted molar refractivity (Wildman–Crippen MR) is 54.9 cm³/mol. The van der Waals surface area contributed by atoms with Crippen LogP contribution in [-0.2, 0) is 6.54 Å². The van der Waals surface area contributed by atoms with Gasteiger partial charge in [0.05, 0.1) is 6.54 Å². The van der Waals surface area contributed by atoms with Crippen LogP contribution in [-0.4, -0.2) is 27.5 Å². The third kappa shape index (κ3) is 2.45. The standard InChI is InChI=1S/C9H15N3.ClH/c1-8-3-2-6-12(8)7-9-10-4-5-11-9;/h4-5,8H,2-3,6-7H2,1H3,(H,10,11);1H. The Hall–Kier alpha value is -0.540. The minimum atomic E-state index is 0. The Morgan fingerprint density at radius 3 is 3.08 bits per heavy atom. The number of imidazole rings is 1. The zero-order valence-corrected chi connectivity index (χ0v) is 8.68. The zero-order chi connectivity index (χ0) is 8.39. The Labute approximate surface area is 85.0 Å². The topological polar surface area (TPSA) is 31.9 Å². The van der Waals surface area contributed by atoms with Crippen molar-refractivity contribution in [3.63, 3.8) is 0 Å². The van der Waals surface area contributed by atoms with Gasteiger partial charge in [-0.05, 0) is 26.3 Å². The van der Waals surface area contributed by atoms with Crippen LogP contribution in [0.4, 0.5) is 0 Å². The molecule has 1 aliphatic rings. The van der Waals surface area contributed by atoms with E-state index in [-0.39, 0.29) is 12.4 Å². The average molecular weight is 202 g/mol. The van der Waals surface area contributed by atoms with Crippen molar-refractivity contribution in [3.8, 4) is 0 Å². The van der Waals surface area contributed by atoms with Gasteiger partial charge < -0.3 is 4.98 Å². The molecule has 1 aliphatic heterocycles. The van der Waals surface area contributed by atoms with E-state index in [2.05, 4.69) is 21.8 Å². The van der Waals surface area contributed by atoms with Gasteiger partial charge in [-0.25, -0.2) is 4.98 Å². The van der Waals surface area contributed by atoms with Gasteiger partial charge in [-0.3, -0.25) is 4.90 Å². The van der Waals surface area contributed by atoms with Crippen molar-refractivity contribution in [1.82, 2.24) is 14.9 Å². The van der Waals surface area contributed by atoms with Crippen molar-refractivity contribution in [3.05, 3.63) is 18.2 Å². The average Bonchev–Trinajstić information content (AvgIpc) is 2.65. The van der Waals surface area contributed by atoms with Crippen molar-refractivity contribution < 1.29 is 0 Å². The summed E-state index contributed by atoms with van der Waals surface area (Å²) in [6.45, 7) is 4.49. The maximum atomic E-state index is 4.22. The van der Waals surface area contributed by atoms with Crippen LogP contribution in [0.2, 0.25) is 0 Å². The Balaban J connectivity index is 0.000000845. The summed E-state index contributed by atoms with van der Waals surface area (Å²) in [5.74, 6) is 1.09. The van der Waals surface area contributed by atoms with Crippen molar-refractivity contribution in [2.45, 2.75) is 32.4 Å². The summed E-state index contributed by atoms with van der Waals surface area (Å²) in [7, 11) is 0. The molecule has 0 aliphatic carbocycles. The van der Waals surface area contributed by atoms with Gasteiger partial charge in [0.1, 0.15) is 5.82 Å². The molecule has 13 heavy (non-hydrogen) atoms. The van der Waals surface area contributed by atoms with Crippen LogP contribution in [0.3, 0.4) is 0 Å². The van der Waals surface area contributed by atoms with Crippen LogP contribution in [0.25, 0.3) is 0 Å². The number of nitrogens with zero attached hydrogens (tertiary/aromatic N) is 2. The fraction of sp³-hybridized carbons (Fsp3) is 0.667. The van der Waals surface area contributed by atoms with Gasteiger partial charge in [-0.1, -0.05) is 0 Å². The molecule has 1 N–H and O–H groups in total. The van der Waals surface area contributed by atoms with Gasteiger partial charge in [-0.2, -0.15) is 0 Å². The molecular formula is C9H16ClN3. The minimum Gasteiger partial charge on any atom is -0.348 e. The molecule has 3 nitrogen and oxygen atoms in total. The van der Waals surface area contributed by atoms with Crippen LogP contribution in [0.15, 0.2) is 12.4 Å². The molecule has 1 aromatic heterocycles. The molecule has 1 atom stereocenters. The molecule has 2 heterocycles. The summed E-state index contributed by atoms with van der Waals surface area (Å²) in [5.41, 5.74) is 0. The van der Waals surface area contributed by atoms with E-state index in [9.17, 15) is 0 Å². The summed E-state index contributed by atoms with van der Waals surface area (Å²) in [5, 5.41) is 0. The number of aromatic amines is 1. The molecule has 0 spiro atoms. The highest BCUT2D eigenvalue weighted by Gasteiger charge is 2.20. The Kier molecular flexibility index (Phi) is 3.75. The summed E-state index contributed by atoms with van der Waals surface area (Å²) in [6.07, 6.45) is 6.37. The van der Waals surface area contributed by atoms with Gasteiger partial charge in [0.15, 0.2) is 0 Å². The lowest BCUT2D eigenvalue weighted by Gasteiger charge is -2.18. The smallest absolute Gasteiger partial charge is 0.120 e. The van der Waals surface area contributed by atoms with E-state index in [1.165, 1.54) is 19.4 Å². The second kappa shape index (κ2) is 4.63. The predicted octanol–water partition coefficient (Wildman–Crippen LogP) is 1.82. The molecule has 2 rings (SSSR count). The van der Waals surface area contributed by atoms with Crippen molar-refractivity contribution in [2.75, 3.05) is 6.54 Å². The molecule has 4 heteroatoms. The Morgan fingerprint density at radius 2 is 2.54 bits per heavy atom. The number of halogens is 1. The summed E-state index contributed by atoms with van der Waals surface area (Å²) >= 11 is 0. The number of hydrogen-bond acceptors (Lipinski definition) is 2. The minimum absolute atomic E-state index is 0. The molecular weight excluding hydrogens is 186 g/mol. The molecule has 0 aromatic carbocycles. The van der Waals surface area contributed by atoms with E-state index in [0.29, 0.717) is 0 Å². The van der Waals surface area contributed by atoms with Crippen molar-refractivity contribution >= 4 is 12.4 Å². The first kappa shape index (κ1) is 10.5. The van der Waals surface area contributed by atoms with Crippen molar-refractivity contribution in [2.24, 2.45) is 0 Å². The summed E-state index contributed by atoms with van der Waals surface area (Å²) in [6, 6.07) is 0.732. The Bertz CT molecular complexity index is 235. The first-order chi connectivity index (χ1) is 5.86. The largest absolute Gasteiger partial charge is 0.348 e. The zero-order valence-electron chi connectivity index (χ0n) is 7.86. The highest BCUT2D eigenvalue weighted by Crippen LogP contribution is 2.17.